The van der Waals surface area contributed by atoms with Crippen molar-refractivity contribution in [2.45, 2.75) is 6.92 Å². The smallest absolute Gasteiger partial charge is 0.209 e. The summed E-state index contributed by atoms with van der Waals surface area (Å²) in [6, 6.07) is 7.75. The number of benzene rings is 1. The van der Waals surface area contributed by atoms with Gasteiger partial charge in [0, 0.05) is 29.8 Å². The van der Waals surface area contributed by atoms with E-state index in [0.717, 1.165) is 22.2 Å². The average Bonchev–Trinajstić information content (AvgIpc) is 2.75. The molecule has 0 atom stereocenters. The number of hydrogen-bond acceptors (Lipinski definition) is 5. The SMILES string of the molecule is Cc1nsc(N(C)c2cccc(C(N)=S)c2)n1. The van der Waals surface area contributed by atoms with Crippen molar-refractivity contribution < 1.29 is 0 Å². The lowest BCUT2D eigenvalue weighted by Crippen LogP contribution is -2.13. The quantitative estimate of drug-likeness (QED) is 0.862. The van der Waals surface area contributed by atoms with Crippen LogP contribution in [0, 0.1) is 6.92 Å². The van der Waals surface area contributed by atoms with Gasteiger partial charge < -0.3 is 10.6 Å². The van der Waals surface area contributed by atoms with Crippen LogP contribution in [0.4, 0.5) is 10.8 Å². The van der Waals surface area contributed by atoms with Crippen LogP contribution in [0.1, 0.15) is 11.4 Å². The number of nitrogens with zero attached hydrogens (tertiary/aromatic N) is 3. The van der Waals surface area contributed by atoms with E-state index < -0.39 is 0 Å². The first-order valence-electron chi connectivity index (χ1n) is 5.02. The van der Waals surface area contributed by atoms with Crippen molar-refractivity contribution in [2.75, 3.05) is 11.9 Å². The van der Waals surface area contributed by atoms with Gasteiger partial charge in [0.15, 0.2) is 0 Å². The van der Waals surface area contributed by atoms with Crippen LogP contribution in [0.5, 0.6) is 0 Å². The van der Waals surface area contributed by atoms with Gasteiger partial charge in [-0.3, -0.25) is 0 Å². The zero-order chi connectivity index (χ0) is 12.4. The molecule has 0 unspecified atom stereocenters. The molecule has 4 nitrogen and oxygen atoms in total. The molecule has 1 heterocycles. The molecule has 1 aromatic carbocycles. The monoisotopic (exact) mass is 264 g/mol. The van der Waals surface area contributed by atoms with E-state index in [2.05, 4.69) is 9.36 Å². The molecule has 0 aliphatic carbocycles. The molecule has 88 valence electrons. The molecule has 0 fully saturated rings. The normalized spacial score (nSPS) is 10.2. The maximum absolute atomic E-state index is 5.61. The van der Waals surface area contributed by atoms with Crippen LogP contribution < -0.4 is 10.6 Å². The highest BCUT2D eigenvalue weighted by atomic mass is 32.1. The summed E-state index contributed by atoms with van der Waals surface area (Å²) in [6.45, 7) is 1.87. The Kier molecular flexibility index (Phi) is 3.35. The summed E-state index contributed by atoms with van der Waals surface area (Å²) >= 11 is 6.33. The molecule has 0 spiro atoms. The summed E-state index contributed by atoms with van der Waals surface area (Å²) in [6.07, 6.45) is 0. The average molecular weight is 264 g/mol. The van der Waals surface area contributed by atoms with Crippen LogP contribution in [0.3, 0.4) is 0 Å². The van der Waals surface area contributed by atoms with E-state index in [0.29, 0.717) is 4.99 Å². The maximum Gasteiger partial charge on any atom is 0.209 e. The Bertz CT molecular complexity index is 550. The molecule has 2 rings (SSSR count). The number of thiocarbonyl (C=S) groups is 1. The fraction of sp³-hybridized carbons (Fsp3) is 0.182. The minimum Gasteiger partial charge on any atom is -0.389 e. The minimum atomic E-state index is 0.397. The second kappa shape index (κ2) is 4.77. The van der Waals surface area contributed by atoms with Crippen molar-refractivity contribution in [1.82, 2.24) is 9.36 Å². The van der Waals surface area contributed by atoms with E-state index in [1.807, 2.05) is 43.1 Å². The summed E-state index contributed by atoms with van der Waals surface area (Å²) in [4.78, 5) is 6.69. The predicted molar refractivity (Wildman–Crippen MR) is 75.0 cm³/mol. The zero-order valence-corrected chi connectivity index (χ0v) is 11.2. The lowest BCUT2D eigenvalue weighted by molar-refractivity contribution is 1.11. The van der Waals surface area contributed by atoms with Crippen molar-refractivity contribution in [3.63, 3.8) is 0 Å². The van der Waals surface area contributed by atoms with Gasteiger partial charge in [0.25, 0.3) is 0 Å². The molecule has 1 aromatic heterocycles. The number of rotatable bonds is 3. The van der Waals surface area contributed by atoms with Crippen LogP contribution >= 0.6 is 23.8 Å². The Morgan fingerprint density at radius 2 is 2.24 bits per heavy atom. The number of anilines is 2. The standard InChI is InChI=1S/C11H12N4S2/c1-7-13-11(17-14-7)15(2)9-5-3-4-8(6-9)10(12)16/h3-6H,1-2H3,(H2,12,16). The predicted octanol–water partition coefficient (Wildman–Crippen LogP) is 2.25. The van der Waals surface area contributed by atoms with E-state index in [1.54, 1.807) is 0 Å². The van der Waals surface area contributed by atoms with Crippen LogP contribution in [0.25, 0.3) is 0 Å². The van der Waals surface area contributed by atoms with Crippen LogP contribution in [-0.2, 0) is 0 Å². The van der Waals surface area contributed by atoms with Gasteiger partial charge in [0.1, 0.15) is 10.8 Å². The fourth-order valence-corrected chi connectivity index (χ4v) is 2.18. The lowest BCUT2D eigenvalue weighted by Gasteiger charge is -2.15. The Morgan fingerprint density at radius 3 is 2.82 bits per heavy atom. The third kappa shape index (κ3) is 2.59. The molecule has 0 radical (unpaired) electrons. The first-order chi connectivity index (χ1) is 8.08. The molecule has 6 heteroatoms. The van der Waals surface area contributed by atoms with E-state index in [9.17, 15) is 0 Å². The van der Waals surface area contributed by atoms with Gasteiger partial charge in [-0.2, -0.15) is 4.37 Å². The molecule has 0 bridgehead atoms. The molecule has 0 amide bonds. The zero-order valence-electron chi connectivity index (χ0n) is 9.54. The summed E-state index contributed by atoms with van der Waals surface area (Å²) in [5, 5.41) is 0.850. The second-order valence-corrected chi connectivity index (χ2v) is 4.77. The van der Waals surface area contributed by atoms with E-state index in [1.165, 1.54) is 11.5 Å². The molecule has 0 saturated carbocycles. The molecule has 2 aromatic rings. The highest BCUT2D eigenvalue weighted by Gasteiger charge is 2.09. The first kappa shape index (κ1) is 11.9. The number of aryl methyl sites for hydroxylation is 1. The van der Waals surface area contributed by atoms with Crippen LogP contribution in [0.2, 0.25) is 0 Å². The summed E-state index contributed by atoms with van der Waals surface area (Å²) < 4.78 is 4.16. The van der Waals surface area contributed by atoms with Gasteiger partial charge in [-0.1, -0.05) is 24.4 Å². The lowest BCUT2D eigenvalue weighted by atomic mass is 10.2. The molecule has 17 heavy (non-hydrogen) atoms. The van der Waals surface area contributed by atoms with E-state index >= 15 is 0 Å². The van der Waals surface area contributed by atoms with E-state index in [4.69, 9.17) is 18.0 Å². The van der Waals surface area contributed by atoms with Crippen LogP contribution in [-0.4, -0.2) is 21.4 Å². The Balaban J connectivity index is 2.33. The van der Waals surface area contributed by atoms with Crippen molar-refractivity contribution in [3.05, 3.63) is 35.7 Å². The topological polar surface area (TPSA) is 55.0 Å². The summed E-state index contributed by atoms with van der Waals surface area (Å²) in [5.74, 6) is 0.780. The van der Waals surface area contributed by atoms with Gasteiger partial charge in [-0.25, -0.2) is 4.98 Å². The highest BCUT2D eigenvalue weighted by Crippen LogP contribution is 2.25. The third-order valence-corrected chi connectivity index (χ3v) is 3.44. The molecule has 2 N–H and O–H groups in total. The minimum absolute atomic E-state index is 0.397. The summed E-state index contributed by atoms with van der Waals surface area (Å²) in [5.41, 5.74) is 7.46. The van der Waals surface area contributed by atoms with Gasteiger partial charge >= 0.3 is 0 Å². The first-order valence-corrected chi connectivity index (χ1v) is 6.20. The van der Waals surface area contributed by atoms with Gasteiger partial charge in [-0.15, -0.1) is 0 Å². The van der Waals surface area contributed by atoms with Gasteiger partial charge in [0.05, 0.1) is 0 Å². The summed E-state index contributed by atoms with van der Waals surface area (Å²) in [7, 11) is 1.94. The van der Waals surface area contributed by atoms with Crippen molar-refractivity contribution in [3.8, 4) is 0 Å². The largest absolute Gasteiger partial charge is 0.389 e. The van der Waals surface area contributed by atoms with Crippen molar-refractivity contribution in [1.29, 1.82) is 0 Å². The maximum atomic E-state index is 5.61. The molecule has 0 aliphatic heterocycles. The molecule has 0 saturated heterocycles. The molecule has 0 aliphatic rings. The Labute approximate surface area is 109 Å². The van der Waals surface area contributed by atoms with Crippen molar-refractivity contribution >= 4 is 39.6 Å². The fourth-order valence-electron chi connectivity index (χ4n) is 1.40. The number of nitrogens with two attached hydrogens (primary N) is 1. The Morgan fingerprint density at radius 1 is 1.47 bits per heavy atom. The number of hydrogen-bond donors (Lipinski definition) is 1. The highest BCUT2D eigenvalue weighted by molar-refractivity contribution is 7.80. The van der Waals surface area contributed by atoms with Crippen LogP contribution in [0.15, 0.2) is 24.3 Å². The number of aromatic nitrogens is 2. The molecular weight excluding hydrogens is 252 g/mol. The third-order valence-electron chi connectivity index (χ3n) is 2.32. The van der Waals surface area contributed by atoms with Gasteiger partial charge in [-0.05, 0) is 19.1 Å². The Hall–Kier alpha value is -1.53. The molecular formula is C11H12N4S2. The van der Waals surface area contributed by atoms with Crippen molar-refractivity contribution in [2.24, 2.45) is 5.73 Å². The van der Waals surface area contributed by atoms with Gasteiger partial charge in [0.2, 0.25) is 5.13 Å². The van der Waals surface area contributed by atoms with E-state index in [-0.39, 0.29) is 0 Å². The second-order valence-electron chi connectivity index (χ2n) is 3.60.